The summed E-state index contributed by atoms with van der Waals surface area (Å²) in [6.07, 6.45) is -9.46. The molecule has 4 rings (SSSR count). The first kappa shape index (κ1) is 66.5. The van der Waals surface area contributed by atoms with Gasteiger partial charge in [-0.2, -0.15) is 26.3 Å². The number of aromatic hydroxyl groups is 1. The number of phenols is 1. The molecule has 0 aliphatic carbocycles. The van der Waals surface area contributed by atoms with Gasteiger partial charge in [-0.1, -0.05) is 42.9 Å². The molecule has 0 fully saturated rings. The van der Waals surface area contributed by atoms with Crippen LogP contribution in [0.3, 0.4) is 0 Å². The van der Waals surface area contributed by atoms with Crippen LogP contribution in [0.4, 0.5) is 57.9 Å². The number of nitrogens with zero attached hydrogens (tertiary/aromatic N) is 2. The van der Waals surface area contributed by atoms with Crippen LogP contribution in [-0.2, 0) is 31.6 Å². The van der Waals surface area contributed by atoms with Crippen molar-refractivity contribution in [1.82, 2.24) is 0 Å². The van der Waals surface area contributed by atoms with Crippen LogP contribution in [0.2, 0.25) is 0 Å². The Balaban J connectivity index is -0.000000276. The van der Waals surface area contributed by atoms with E-state index in [4.69, 9.17) is 33.0 Å². The minimum atomic E-state index is -4.77. The van der Waals surface area contributed by atoms with E-state index >= 15 is 0 Å². The van der Waals surface area contributed by atoms with Gasteiger partial charge in [0.15, 0.2) is 17.0 Å². The SMILES string of the molecule is C.C.O=CO[O-].Oc1ccc(F)cc1.[C-]#[N+]c1ccc(NC(=O)[C@@](C)(O)CBr)cc1C(F)(F)F.[C-]#[N+]c1ccc(NC(=O)[C@@](C)(O)COc2ccc(F)cc2)cc1C(F)(F)F.[H-].[K+].[K+]. The van der Waals surface area contributed by atoms with Gasteiger partial charge in [0.05, 0.1) is 24.3 Å². The van der Waals surface area contributed by atoms with Gasteiger partial charge in [-0.15, -0.1) is 0 Å². The third-order valence-corrected chi connectivity index (χ3v) is 7.89. The molecule has 334 valence electrons. The Hall–Kier alpha value is -3.06. The fourth-order valence-corrected chi connectivity index (χ4v) is 3.98. The van der Waals surface area contributed by atoms with E-state index < -0.39 is 70.3 Å². The summed E-state index contributed by atoms with van der Waals surface area (Å²) in [6.45, 7) is 15.1. The first-order valence-electron chi connectivity index (χ1n) is 15.7. The first-order valence-corrected chi connectivity index (χ1v) is 16.8. The molecule has 0 bridgehead atoms. The van der Waals surface area contributed by atoms with Crippen molar-refractivity contribution in [1.29, 1.82) is 0 Å². The van der Waals surface area contributed by atoms with Crippen molar-refractivity contribution >= 4 is 57.0 Å². The third kappa shape index (κ3) is 24.2. The van der Waals surface area contributed by atoms with Crippen molar-refractivity contribution in [3.05, 3.63) is 131 Å². The fourth-order valence-electron chi connectivity index (χ4n) is 3.73. The Morgan fingerprint density at radius 2 is 1.10 bits per heavy atom. The van der Waals surface area contributed by atoms with Gasteiger partial charge >= 0.3 is 115 Å². The normalized spacial score (nSPS) is 11.7. The summed E-state index contributed by atoms with van der Waals surface area (Å²) in [6, 6.07) is 15.3. The zero-order valence-corrected chi connectivity index (χ0v) is 40.0. The molecule has 0 spiro atoms. The van der Waals surface area contributed by atoms with E-state index in [1.807, 2.05) is 0 Å². The molecule has 5 N–H and O–H groups in total. The molecule has 0 aliphatic heterocycles. The van der Waals surface area contributed by atoms with Gasteiger partial charge in [0.2, 0.25) is 0 Å². The standard InChI is InChI=1S/C18H14F4N2O3.C12H10BrF3N2O2.C6H5FO.CH2O3.2CH4.2K.H/c1-17(26,10-27-13-6-3-11(19)4-7-13)16(25)24-12-5-8-15(23-2)14(9-12)18(20,21)22;1-11(20,6-13)10(19)18-7-3-4-9(17-2)8(5-7)12(14,15)16;7-5-1-3-6(8)4-2-5;2-1-4-3;;;;;/h3-9,26H,10H2,1H3,(H,24,25);3-5,20H,6H2,1H3,(H,18,19);1-4,8H;1,3H;2*1H4;;;/q;;;;;;2*+1;-1/p-1/t17-;11-;;;;;;;/m00......./s1. The molecule has 63 heavy (non-hydrogen) atoms. The van der Waals surface area contributed by atoms with Crippen LogP contribution >= 0.6 is 15.9 Å². The molecule has 0 aromatic heterocycles. The molecule has 0 heterocycles. The monoisotopic (exact) mass is 1020 g/mol. The Kier molecular flexibility index (Phi) is 32.7. The smallest absolute Gasteiger partial charge is 1.00 e. The second kappa shape index (κ2) is 31.0. The number of halogens is 9. The quantitative estimate of drug-likeness (QED) is 0.0320. The molecular formula is C39H39BrF8K2N4O9. The van der Waals surface area contributed by atoms with Crippen LogP contribution in [0.15, 0.2) is 84.9 Å². The van der Waals surface area contributed by atoms with Gasteiger partial charge in [-0.3, -0.25) is 14.4 Å². The maximum absolute atomic E-state index is 13.0. The van der Waals surface area contributed by atoms with Gasteiger partial charge in [-0.25, -0.2) is 18.5 Å². The van der Waals surface area contributed by atoms with Crippen molar-refractivity contribution in [3.8, 4) is 11.5 Å². The molecule has 2 atom stereocenters. The van der Waals surface area contributed by atoms with E-state index in [0.29, 0.717) is 12.1 Å². The summed E-state index contributed by atoms with van der Waals surface area (Å²) in [7, 11) is 0. The number of hydrogen-bond acceptors (Lipinski definition) is 9. The Bertz CT molecular complexity index is 2100. The molecule has 24 heteroatoms. The Morgan fingerprint density at radius 1 is 0.746 bits per heavy atom. The van der Waals surface area contributed by atoms with Crippen LogP contribution in [-0.4, -0.2) is 56.7 Å². The summed E-state index contributed by atoms with van der Waals surface area (Å²) in [5.41, 5.74) is -7.70. The second-order valence-electron chi connectivity index (χ2n) is 11.7. The van der Waals surface area contributed by atoms with Crippen LogP contribution in [0.1, 0.15) is 41.3 Å². The Labute approximate surface area is 452 Å². The van der Waals surface area contributed by atoms with Crippen molar-refractivity contribution in [2.75, 3.05) is 22.6 Å². The van der Waals surface area contributed by atoms with Crippen molar-refractivity contribution < 1.29 is 184 Å². The minimum absolute atomic E-state index is 0. The van der Waals surface area contributed by atoms with E-state index in [9.17, 15) is 54.9 Å². The van der Waals surface area contributed by atoms with Crippen molar-refractivity contribution in [3.63, 3.8) is 0 Å². The number of carbonyl (C=O) groups excluding carboxylic acids is 3. The van der Waals surface area contributed by atoms with Crippen molar-refractivity contribution in [2.45, 2.75) is 52.3 Å². The summed E-state index contributed by atoms with van der Waals surface area (Å²) >= 11 is 2.92. The van der Waals surface area contributed by atoms with Gasteiger partial charge in [0.1, 0.15) is 35.3 Å². The molecule has 0 aliphatic rings. The van der Waals surface area contributed by atoms with E-state index in [1.54, 1.807) is 0 Å². The predicted molar refractivity (Wildman–Crippen MR) is 209 cm³/mol. The van der Waals surface area contributed by atoms with Crippen LogP contribution in [0.25, 0.3) is 9.69 Å². The maximum atomic E-state index is 13.0. The van der Waals surface area contributed by atoms with E-state index in [2.05, 4.69) is 41.1 Å². The summed E-state index contributed by atoms with van der Waals surface area (Å²) < 4.78 is 107. The molecular weight excluding hydrogens is 979 g/mol. The molecule has 2 amide bonds. The number of benzene rings is 4. The second-order valence-corrected chi connectivity index (χ2v) is 12.2. The average Bonchev–Trinajstić information content (AvgIpc) is 3.18. The van der Waals surface area contributed by atoms with Gasteiger partial charge < -0.3 is 42.3 Å². The average molecular weight is 1020 g/mol. The van der Waals surface area contributed by atoms with Crippen LogP contribution in [0, 0.1) is 24.8 Å². The number of aliphatic hydroxyl groups is 2. The number of hydrogen-bond donors (Lipinski definition) is 5. The third-order valence-electron chi connectivity index (χ3n) is 6.80. The number of rotatable bonds is 9. The number of nitrogens with one attached hydrogen (secondary N) is 2. The number of carbonyl (C=O) groups is 3. The van der Waals surface area contributed by atoms with E-state index in [1.165, 1.54) is 49.4 Å². The number of anilines is 2. The Morgan fingerprint density at radius 3 is 1.40 bits per heavy atom. The number of phenolic OH excluding ortho intramolecular Hbond substituents is 1. The maximum Gasteiger partial charge on any atom is 1.00 e. The number of ether oxygens (including phenoxy) is 1. The molecule has 0 radical (unpaired) electrons. The van der Waals surface area contributed by atoms with Gasteiger partial charge in [0, 0.05) is 16.7 Å². The number of alkyl halides is 7. The molecule has 0 saturated heterocycles. The topological polar surface area (TPSA) is 186 Å². The molecule has 0 saturated carbocycles. The van der Waals surface area contributed by atoms with Crippen molar-refractivity contribution in [2.24, 2.45) is 0 Å². The molecule has 0 unspecified atom stereocenters. The fraction of sp³-hybridized carbons (Fsp3) is 0.256. The summed E-state index contributed by atoms with van der Waals surface area (Å²) in [5.74, 6) is -2.39. The predicted octanol–water partition coefficient (Wildman–Crippen LogP) is 2.86. The van der Waals surface area contributed by atoms with E-state index in [0.717, 1.165) is 37.3 Å². The summed E-state index contributed by atoms with van der Waals surface area (Å²) in [5, 5.41) is 41.1. The number of amides is 2. The zero-order chi connectivity index (χ0) is 45.2. The van der Waals surface area contributed by atoms with E-state index in [-0.39, 0.29) is 160 Å². The molecule has 4 aromatic carbocycles. The molecule has 4 aromatic rings. The first-order chi connectivity index (χ1) is 27.3. The van der Waals surface area contributed by atoms with Gasteiger partial charge in [-0.05, 0) is 86.6 Å². The summed E-state index contributed by atoms with van der Waals surface area (Å²) in [4.78, 5) is 40.7. The largest absolute Gasteiger partial charge is 1.00 e. The zero-order valence-electron chi connectivity index (χ0n) is 33.2. The molecule has 13 nitrogen and oxygen atoms in total. The van der Waals surface area contributed by atoms with Crippen LogP contribution in [0.5, 0.6) is 11.5 Å². The van der Waals surface area contributed by atoms with Crippen LogP contribution < -0.4 is 123 Å². The van der Waals surface area contributed by atoms with Gasteiger partial charge in [0.25, 0.3) is 18.3 Å². The minimum Gasteiger partial charge on any atom is -1.00 e.